The highest BCUT2D eigenvalue weighted by Crippen LogP contribution is 2.20. The summed E-state index contributed by atoms with van der Waals surface area (Å²) in [5.41, 5.74) is 0.528. The van der Waals surface area contributed by atoms with Crippen molar-refractivity contribution in [1.29, 1.82) is 5.26 Å². The molecule has 0 aliphatic rings. The summed E-state index contributed by atoms with van der Waals surface area (Å²) in [4.78, 5) is 11.8. The number of carbonyl (C=O) groups is 1. The molecule has 0 atom stereocenters. The molecule has 0 spiro atoms. The molecule has 1 heterocycles. The first-order valence-corrected chi connectivity index (χ1v) is 5.19. The molecular formula is C12H12N4O. The van der Waals surface area contributed by atoms with Gasteiger partial charge in [-0.15, -0.1) is 0 Å². The summed E-state index contributed by atoms with van der Waals surface area (Å²) in [5, 5.41) is 19.2. The lowest BCUT2D eigenvalue weighted by Crippen LogP contribution is -2.29. The van der Waals surface area contributed by atoms with Crippen LogP contribution in [0.5, 0.6) is 0 Å². The summed E-state index contributed by atoms with van der Waals surface area (Å²) in [6, 6.07) is 7.37. The molecule has 2 aromatic rings. The van der Waals surface area contributed by atoms with Crippen molar-refractivity contribution >= 4 is 22.5 Å². The van der Waals surface area contributed by atoms with Gasteiger partial charge in [-0.05, 0) is 32.0 Å². The maximum atomic E-state index is 11.8. The molecular weight excluding hydrogens is 216 g/mol. The summed E-state index contributed by atoms with van der Waals surface area (Å²) in [6.07, 6.45) is 1.68. The van der Waals surface area contributed by atoms with Crippen LogP contribution < -0.4 is 5.32 Å². The van der Waals surface area contributed by atoms with E-state index in [1.165, 1.54) is 0 Å². The average molecular weight is 228 g/mol. The minimum atomic E-state index is -1.04. The first kappa shape index (κ1) is 11.1. The Hall–Kier alpha value is -2.35. The molecule has 0 saturated heterocycles. The van der Waals surface area contributed by atoms with E-state index in [1.807, 2.05) is 18.2 Å². The van der Waals surface area contributed by atoms with Gasteiger partial charge in [0.1, 0.15) is 5.41 Å². The highest BCUT2D eigenvalue weighted by molar-refractivity contribution is 5.98. The lowest BCUT2D eigenvalue weighted by Gasteiger charge is -2.14. The topological polar surface area (TPSA) is 81.6 Å². The molecule has 0 unspecified atom stereocenters. The lowest BCUT2D eigenvalue weighted by atomic mass is 9.94. The Kier molecular flexibility index (Phi) is 2.56. The Labute approximate surface area is 98.4 Å². The third kappa shape index (κ3) is 2.11. The van der Waals surface area contributed by atoms with Crippen LogP contribution in [0.25, 0.3) is 10.9 Å². The van der Waals surface area contributed by atoms with Crippen molar-refractivity contribution in [3.63, 3.8) is 0 Å². The SMILES string of the molecule is CC(C)(C#N)C(=O)Nc1ccc2[nH]ncc2c1. The van der Waals surface area contributed by atoms with Crippen LogP contribution in [-0.2, 0) is 4.79 Å². The molecule has 2 rings (SSSR count). The third-order valence-corrected chi connectivity index (χ3v) is 2.55. The highest BCUT2D eigenvalue weighted by Gasteiger charge is 2.27. The maximum Gasteiger partial charge on any atom is 0.244 e. The van der Waals surface area contributed by atoms with Gasteiger partial charge in [0.2, 0.25) is 5.91 Å². The van der Waals surface area contributed by atoms with Crippen LogP contribution in [-0.4, -0.2) is 16.1 Å². The normalized spacial score (nSPS) is 11.1. The Bertz CT molecular complexity index is 606. The monoisotopic (exact) mass is 228 g/mol. The average Bonchev–Trinajstić information content (AvgIpc) is 2.76. The summed E-state index contributed by atoms with van der Waals surface area (Å²) in [6.45, 7) is 3.16. The van der Waals surface area contributed by atoms with Crippen LogP contribution >= 0.6 is 0 Å². The van der Waals surface area contributed by atoms with E-state index in [9.17, 15) is 4.79 Å². The molecule has 0 bridgehead atoms. The zero-order valence-corrected chi connectivity index (χ0v) is 9.61. The van der Waals surface area contributed by atoms with Gasteiger partial charge >= 0.3 is 0 Å². The van der Waals surface area contributed by atoms with Crippen LogP contribution in [0.4, 0.5) is 5.69 Å². The third-order valence-electron chi connectivity index (χ3n) is 2.55. The van der Waals surface area contributed by atoms with Crippen molar-refractivity contribution < 1.29 is 4.79 Å². The van der Waals surface area contributed by atoms with Gasteiger partial charge in [-0.25, -0.2) is 0 Å². The number of nitriles is 1. The number of aromatic nitrogens is 2. The van der Waals surface area contributed by atoms with E-state index in [1.54, 1.807) is 26.1 Å². The smallest absolute Gasteiger partial charge is 0.244 e. The summed E-state index contributed by atoms with van der Waals surface area (Å²) >= 11 is 0. The van der Waals surface area contributed by atoms with Gasteiger partial charge in [-0.3, -0.25) is 9.89 Å². The van der Waals surface area contributed by atoms with Gasteiger partial charge in [0.15, 0.2) is 0 Å². The van der Waals surface area contributed by atoms with Gasteiger partial charge in [-0.1, -0.05) is 0 Å². The number of hydrogen-bond acceptors (Lipinski definition) is 3. The quantitative estimate of drug-likeness (QED) is 0.825. The minimum Gasteiger partial charge on any atom is -0.325 e. The lowest BCUT2D eigenvalue weighted by molar-refractivity contribution is -0.121. The Morgan fingerprint density at radius 1 is 1.53 bits per heavy atom. The fourth-order valence-corrected chi connectivity index (χ4v) is 1.36. The molecule has 0 aliphatic carbocycles. The molecule has 5 heteroatoms. The van der Waals surface area contributed by atoms with Crippen molar-refractivity contribution in [1.82, 2.24) is 10.2 Å². The molecule has 1 aromatic carbocycles. The van der Waals surface area contributed by atoms with Crippen LogP contribution in [0, 0.1) is 16.7 Å². The molecule has 1 aromatic heterocycles. The van der Waals surface area contributed by atoms with Crippen molar-refractivity contribution in [2.45, 2.75) is 13.8 Å². The van der Waals surface area contributed by atoms with E-state index in [4.69, 9.17) is 5.26 Å². The van der Waals surface area contributed by atoms with E-state index < -0.39 is 5.41 Å². The summed E-state index contributed by atoms with van der Waals surface area (Å²) in [7, 11) is 0. The van der Waals surface area contributed by atoms with E-state index in [0.717, 1.165) is 10.9 Å². The zero-order valence-electron chi connectivity index (χ0n) is 9.61. The first-order valence-electron chi connectivity index (χ1n) is 5.19. The Morgan fingerprint density at radius 2 is 2.29 bits per heavy atom. The number of hydrogen-bond donors (Lipinski definition) is 2. The fourth-order valence-electron chi connectivity index (χ4n) is 1.36. The number of rotatable bonds is 2. The second-order valence-corrected chi connectivity index (χ2v) is 4.36. The van der Waals surface area contributed by atoms with Gasteiger partial charge in [-0.2, -0.15) is 10.4 Å². The van der Waals surface area contributed by atoms with Gasteiger partial charge in [0, 0.05) is 11.1 Å². The van der Waals surface area contributed by atoms with Crippen molar-refractivity contribution in [2.75, 3.05) is 5.32 Å². The number of nitrogens with one attached hydrogen (secondary N) is 2. The first-order chi connectivity index (χ1) is 8.03. The largest absolute Gasteiger partial charge is 0.325 e. The van der Waals surface area contributed by atoms with E-state index in [0.29, 0.717) is 5.69 Å². The number of carbonyl (C=O) groups excluding carboxylic acids is 1. The van der Waals surface area contributed by atoms with Gasteiger partial charge < -0.3 is 5.32 Å². The fraction of sp³-hybridized carbons (Fsp3) is 0.250. The standard InChI is InChI=1S/C12H12N4O/c1-12(2,7-13)11(17)15-9-3-4-10-8(5-9)6-14-16-10/h3-6H,1-2H3,(H,14,16)(H,15,17). The number of amides is 1. The van der Waals surface area contributed by atoms with Gasteiger partial charge in [0.05, 0.1) is 17.8 Å². The summed E-state index contributed by atoms with van der Waals surface area (Å²) < 4.78 is 0. The number of H-pyrrole nitrogens is 1. The highest BCUT2D eigenvalue weighted by atomic mass is 16.2. The second-order valence-electron chi connectivity index (χ2n) is 4.36. The second kappa shape index (κ2) is 3.91. The zero-order chi connectivity index (χ0) is 12.5. The molecule has 0 saturated carbocycles. The molecule has 2 N–H and O–H groups in total. The van der Waals surface area contributed by atoms with Crippen molar-refractivity contribution in [2.24, 2.45) is 5.41 Å². The summed E-state index contributed by atoms with van der Waals surface area (Å²) in [5.74, 6) is -0.317. The van der Waals surface area contributed by atoms with E-state index in [-0.39, 0.29) is 5.91 Å². The van der Waals surface area contributed by atoms with Gasteiger partial charge in [0.25, 0.3) is 0 Å². The van der Waals surface area contributed by atoms with Crippen LogP contribution in [0.15, 0.2) is 24.4 Å². The number of anilines is 1. The number of fused-ring (bicyclic) bond motifs is 1. The predicted octanol–water partition coefficient (Wildman–Crippen LogP) is 2.05. The number of aromatic amines is 1. The van der Waals surface area contributed by atoms with Crippen molar-refractivity contribution in [3.05, 3.63) is 24.4 Å². The predicted molar refractivity (Wildman–Crippen MR) is 64.1 cm³/mol. The molecule has 0 aliphatic heterocycles. The van der Waals surface area contributed by atoms with E-state index in [2.05, 4.69) is 15.5 Å². The Balaban J connectivity index is 2.24. The molecule has 0 radical (unpaired) electrons. The molecule has 5 nitrogen and oxygen atoms in total. The number of benzene rings is 1. The van der Waals surface area contributed by atoms with Crippen LogP contribution in [0.3, 0.4) is 0 Å². The molecule has 0 fully saturated rings. The number of nitrogens with zero attached hydrogens (tertiary/aromatic N) is 2. The maximum absolute atomic E-state index is 11.8. The molecule has 1 amide bonds. The van der Waals surface area contributed by atoms with Crippen molar-refractivity contribution in [3.8, 4) is 6.07 Å². The van der Waals surface area contributed by atoms with Crippen LogP contribution in [0.2, 0.25) is 0 Å². The Morgan fingerprint density at radius 3 is 3.00 bits per heavy atom. The van der Waals surface area contributed by atoms with Crippen LogP contribution in [0.1, 0.15) is 13.8 Å². The molecule has 86 valence electrons. The van der Waals surface area contributed by atoms with E-state index >= 15 is 0 Å². The minimum absolute atomic E-state index is 0.317. The molecule has 17 heavy (non-hydrogen) atoms.